The Labute approximate surface area is 199 Å². The Bertz CT molecular complexity index is 936. The number of methoxy groups -OCH3 is 1. The van der Waals surface area contributed by atoms with E-state index in [4.69, 9.17) is 4.74 Å². The molecule has 0 aromatic carbocycles. The highest BCUT2D eigenvalue weighted by molar-refractivity contribution is 7.89. The van der Waals surface area contributed by atoms with Crippen molar-refractivity contribution in [3.63, 3.8) is 0 Å². The van der Waals surface area contributed by atoms with Gasteiger partial charge < -0.3 is 14.5 Å². The van der Waals surface area contributed by atoms with Gasteiger partial charge in [-0.15, -0.1) is 0 Å². The van der Waals surface area contributed by atoms with Crippen molar-refractivity contribution in [3.05, 3.63) is 17.8 Å². The first kappa shape index (κ1) is 25.9. The molecule has 9 heteroatoms. The van der Waals surface area contributed by atoms with Crippen LogP contribution in [0.5, 0.6) is 0 Å². The van der Waals surface area contributed by atoms with E-state index in [0.717, 1.165) is 31.4 Å². The van der Waals surface area contributed by atoms with Crippen molar-refractivity contribution < 1.29 is 17.9 Å². The van der Waals surface area contributed by atoms with Crippen LogP contribution in [0.25, 0.3) is 0 Å². The van der Waals surface area contributed by atoms with Gasteiger partial charge in [0.05, 0.1) is 6.10 Å². The molecule has 1 amide bonds. The van der Waals surface area contributed by atoms with Crippen LogP contribution in [-0.2, 0) is 19.6 Å². The minimum absolute atomic E-state index is 0.0782. The molecule has 1 aliphatic heterocycles. The number of pyridine rings is 1. The summed E-state index contributed by atoms with van der Waals surface area (Å²) >= 11 is 0. The van der Waals surface area contributed by atoms with Gasteiger partial charge in [0, 0.05) is 45.0 Å². The van der Waals surface area contributed by atoms with Crippen LogP contribution in [0.1, 0.15) is 65.0 Å². The predicted molar refractivity (Wildman–Crippen MR) is 130 cm³/mol. The molecule has 0 spiro atoms. The van der Waals surface area contributed by atoms with E-state index in [1.54, 1.807) is 24.1 Å². The third-order valence-corrected chi connectivity index (χ3v) is 9.05. The Kier molecular flexibility index (Phi) is 8.40. The summed E-state index contributed by atoms with van der Waals surface area (Å²) in [4.78, 5) is 22.1. The number of carbonyl (C=O) groups excluding carboxylic acids is 1. The molecule has 2 fully saturated rings. The smallest absolute Gasteiger partial charge is 0.247 e. The lowest BCUT2D eigenvalue weighted by Gasteiger charge is -2.37. The number of carbonyl (C=O) groups is 1. The fourth-order valence-electron chi connectivity index (χ4n) is 5.20. The van der Waals surface area contributed by atoms with Gasteiger partial charge in [-0.1, -0.05) is 0 Å². The number of hydrogen-bond donors (Lipinski definition) is 0. The van der Waals surface area contributed by atoms with Crippen LogP contribution in [0.4, 0.5) is 5.82 Å². The van der Waals surface area contributed by atoms with Gasteiger partial charge in [0.25, 0.3) is 0 Å². The number of aromatic nitrogens is 1. The van der Waals surface area contributed by atoms with Crippen LogP contribution in [0, 0.1) is 6.92 Å². The summed E-state index contributed by atoms with van der Waals surface area (Å²) < 4.78 is 34.7. The monoisotopic (exact) mass is 480 g/mol. The molecule has 0 bridgehead atoms. The fourth-order valence-corrected chi connectivity index (χ4v) is 6.99. The summed E-state index contributed by atoms with van der Waals surface area (Å²) in [5.74, 6) is 0.352. The molecule has 1 saturated heterocycles. The average Bonchev–Trinajstić information content (AvgIpc) is 3.29. The molecule has 8 nitrogen and oxygen atoms in total. The number of ether oxygens (including phenoxy) is 1. The predicted octanol–water partition coefficient (Wildman–Crippen LogP) is 3.19. The minimum atomic E-state index is -3.89. The summed E-state index contributed by atoms with van der Waals surface area (Å²) in [7, 11) is -0.369. The lowest BCUT2D eigenvalue weighted by atomic mass is 9.91. The van der Waals surface area contributed by atoms with Crippen molar-refractivity contribution in [2.45, 2.75) is 95.3 Å². The van der Waals surface area contributed by atoms with Crippen LogP contribution in [0.15, 0.2) is 17.0 Å². The second kappa shape index (κ2) is 10.7. The lowest BCUT2D eigenvalue weighted by Crippen LogP contribution is -2.51. The maximum absolute atomic E-state index is 13.9. The van der Waals surface area contributed by atoms with E-state index < -0.39 is 16.1 Å². The topological polar surface area (TPSA) is 83.1 Å². The maximum Gasteiger partial charge on any atom is 0.247 e. The first-order valence-corrected chi connectivity index (χ1v) is 13.6. The lowest BCUT2D eigenvalue weighted by molar-refractivity contribution is -0.136. The fraction of sp³-hybridized carbons (Fsp3) is 0.750. The Morgan fingerprint density at radius 2 is 1.97 bits per heavy atom. The molecule has 1 aromatic heterocycles. The first-order chi connectivity index (χ1) is 15.6. The van der Waals surface area contributed by atoms with Crippen LogP contribution < -0.4 is 4.90 Å². The van der Waals surface area contributed by atoms with Gasteiger partial charge in [-0.05, 0) is 78.4 Å². The van der Waals surface area contributed by atoms with Gasteiger partial charge in [0.15, 0.2) is 0 Å². The number of likely N-dealkylation sites (N-methyl/N-ethyl adjacent to an activating group) is 1. The van der Waals surface area contributed by atoms with Gasteiger partial charge in [0.1, 0.15) is 16.8 Å². The molecular formula is C24H40N4O4S. The number of nitrogens with zero attached hydrogens (tertiary/aromatic N) is 4. The molecule has 186 valence electrons. The van der Waals surface area contributed by atoms with Gasteiger partial charge in [-0.25, -0.2) is 13.4 Å². The van der Waals surface area contributed by atoms with E-state index in [0.29, 0.717) is 31.7 Å². The number of sulfonamides is 1. The Hall–Kier alpha value is -1.71. The quantitative estimate of drug-likeness (QED) is 0.568. The molecule has 1 saturated carbocycles. The molecule has 33 heavy (non-hydrogen) atoms. The molecule has 3 atom stereocenters. The number of aryl methyl sites for hydroxylation is 1. The summed E-state index contributed by atoms with van der Waals surface area (Å²) in [5.41, 5.74) is 0.766. The third kappa shape index (κ3) is 5.35. The van der Waals surface area contributed by atoms with E-state index in [1.807, 2.05) is 39.6 Å². The maximum atomic E-state index is 13.9. The molecule has 2 heterocycles. The van der Waals surface area contributed by atoms with E-state index in [-0.39, 0.29) is 29.0 Å². The molecular weight excluding hydrogens is 440 g/mol. The zero-order chi connectivity index (χ0) is 24.3. The Morgan fingerprint density at radius 1 is 1.24 bits per heavy atom. The Balaban J connectivity index is 1.90. The molecule has 1 aliphatic carbocycles. The highest BCUT2D eigenvalue weighted by atomic mass is 32.2. The standard InChI is InChI=1S/C24H40N4O4S/c1-7-27(17(2)3)23-22(14-13-18(4)25-23)33(30,31)28-15-9-12-21(28)24(29)26(5)19-10-8-11-20(16-19)32-6/h13-14,17,19-21H,7-12,15-16H2,1-6H3/t19-,20+,21+/m1/s1. The van der Waals surface area contributed by atoms with E-state index in [2.05, 4.69) is 4.98 Å². The second-order valence-corrected chi connectivity index (χ2v) is 11.4. The Morgan fingerprint density at radius 3 is 2.61 bits per heavy atom. The number of anilines is 1. The highest BCUT2D eigenvalue weighted by Gasteiger charge is 2.43. The van der Waals surface area contributed by atoms with Crippen molar-refractivity contribution in [1.29, 1.82) is 0 Å². The molecule has 0 N–H and O–H groups in total. The van der Waals surface area contributed by atoms with Crippen LogP contribution in [0.3, 0.4) is 0 Å². The van der Waals surface area contributed by atoms with Gasteiger partial charge in [-0.3, -0.25) is 4.79 Å². The van der Waals surface area contributed by atoms with Gasteiger partial charge in [0.2, 0.25) is 15.9 Å². The van der Waals surface area contributed by atoms with Crippen LogP contribution >= 0.6 is 0 Å². The van der Waals surface area contributed by atoms with Crippen LogP contribution in [0.2, 0.25) is 0 Å². The van der Waals surface area contributed by atoms with Crippen LogP contribution in [-0.4, -0.2) is 80.0 Å². The van der Waals surface area contributed by atoms with Crippen molar-refractivity contribution in [2.75, 3.05) is 32.1 Å². The summed E-state index contributed by atoms with van der Waals surface area (Å²) in [6, 6.07) is 2.88. The van der Waals surface area contributed by atoms with Crippen molar-refractivity contribution in [1.82, 2.24) is 14.2 Å². The zero-order valence-corrected chi connectivity index (χ0v) is 21.8. The molecule has 1 aromatic rings. The van der Waals surface area contributed by atoms with E-state index >= 15 is 0 Å². The van der Waals surface area contributed by atoms with E-state index in [1.165, 1.54) is 4.31 Å². The highest BCUT2D eigenvalue weighted by Crippen LogP contribution is 2.33. The normalized spacial score (nSPS) is 24.3. The van der Waals surface area contributed by atoms with Crippen molar-refractivity contribution in [2.24, 2.45) is 0 Å². The number of rotatable bonds is 8. The van der Waals surface area contributed by atoms with E-state index in [9.17, 15) is 13.2 Å². The van der Waals surface area contributed by atoms with Crippen molar-refractivity contribution >= 4 is 21.7 Å². The second-order valence-electron chi connectivity index (χ2n) is 9.56. The molecule has 2 aliphatic rings. The molecule has 3 rings (SSSR count). The summed E-state index contributed by atoms with van der Waals surface area (Å²) in [6.45, 7) is 8.90. The van der Waals surface area contributed by atoms with Gasteiger partial charge in [-0.2, -0.15) is 4.31 Å². The molecule has 0 radical (unpaired) electrons. The van der Waals surface area contributed by atoms with Gasteiger partial charge >= 0.3 is 0 Å². The number of amides is 1. The molecule has 0 unspecified atom stereocenters. The number of hydrogen-bond acceptors (Lipinski definition) is 6. The summed E-state index contributed by atoms with van der Waals surface area (Å²) in [6.07, 6.45) is 5.10. The average molecular weight is 481 g/mol. The largest absolute Gasteiger partial charge is 0.381 e. The zero-order valence-electron chi connectivity index (χ0n) is 21.0. The minimum Gasteiger partial charge on any atom is -0.381 e. The third-order valence-electron chi connectivity index (χ3n) is 7.12. The first-order valence-electron chi connectivity index (χ1n) is 12.2. The SMILES string of the molecule is CCN(c1nc(C)ccc1S(=O)(=O)N1CCC[C@H]1C(=O)N(C)[C@@H]1CCC[C@H](OC)C1)C(C)C. The van der Waals surface area contributed by atoms with Crippen molar-refractivity contribution in [3.8, 4) is 0 Å². The summed E-state index contributed by atoms with van der Waals surface area (Å²) in [5, 5.41) is 0.